The van der Waals surface area contributed by atoms with E-state index in [2.05, 4.69) is 18.7 Å². The van der Waals surface area contributed by atoms with Crippen LogP contribution < -0.4 is 5.73 Å². The molecule has 4 nitrogen and oxygen atoms in total. The van der Waals surface area contributed by atoms with Crippen LogP contribution in [0.25, 0.3) is 0 Å². The summed E-state index contributed by atoms with van der Waals surface area (Å²) in [6, 6.07) is 7.18. The van der Waals surface area contributed by atoms with Crippen molar-refractivity contribution in [1.29, 1.82) is 0 Å². The third-order valence-corrected chi connectivity index (χ3v) is 2.82. The van der Waals surface area contributed by atoms with Crippen LogP contribution in [-0.2, 0) is 0 Å². The summed E-state index contributed by atoms with van der Waals surface area (Å²) >= 11 is 0. The van der Waals surface area contributed by atoms with Gasteiger partial charge < -0.3 is 15.5 Å². The molecule has 0 heterocycles. The van der Waals surface area contributed by atoms with Gasteiger partial charge in [-0.2, -0.15) is 0 Å². The molecule has 0 saturated heterocycles. The lowest BCUT2D eigenvalue weighted by Crippen LogP contribution is -2.39. The summed E-state index contributed by atoms with van der Waals surface area (Å²) in [6.07, 6.45) is 0. The largest absolute Gasteiger partial charge is 0.399 e. The zero-order chi connectivity index (χ0) is 14.4. The first kappa shape index (κ1) is 15.5. The minimum Gasteiger partial charge on any atom is -0.399 e. The van der Waals surface area contributed by atoms with Crippen LogP contribution in [0.5, 0.6) is 0 Å². The Morgan fingerprint density at radius 1 is 1.26 bits per heavy atom. The second-order valence-corrected chi connectivity index (χ2v) is 5.57. The van der Waals surface area contributed by atoms with Crippen molar-refractivity contribution in [2.75, 3.05) is 39.5 Å². The van der Waals surface area contributed by atoms with E-state index in [4.69, 9.17) is 5.73 Å². The number of likely N-dealkylation sites (N-methyl/N-ethyl adjacent to an activating group) is 1. The Morgan fingerprint density at radius 2 is 1.95 bits per heavy atom. The van der Waals surface area contributed by atoms with Gasteiger partial charge in [-0.25, -0.2) is 0 Å². The molecule has 1 aromatic carbocycles. The summed E-state index contributed by atoms with van der Waals surface area (Å²) in [5, 5.41) is 0. The first-order valence-electron chi connectivity index (χ1n) is 6.69. The maximum Gasteiger partial charge on any atom is 0.253 e. The fraction of sp³-hybridized carbons (Fsp3) is 0.533. The Kier molecular flexibility index (Phi) is 5.83. The molecule has 1 aromatic rings. The van der Waals surface area contributed by atoms with Crippen LogP contribution in [0.3, 0.4) is 0 Å². The Bertz CT molecular complexity index is 416. The van der Waals surface area contributed by atoms with E-state index in [1.165, 1.54) is 0 Å². The summed E-state index contributed by atoms with van der Waals surface area (Å²) in [7, 11) is 4.02. The van der Waals surface area contributed by atoms with E-state index in [0.29, 0.717) is 17.2 Å². The van der Waals surface area contributed by atoms with Gasteiger partial charge in [-0.15, -0.1) is 0 Å². The van der Waals surface area contributed by atoms with E-state index in [1.807, 2.05) is 31.1 Å². The highest BCUT2D eigenvalue weighted by molar-refractivity contribution is 5.95. The number of nitrogens with zero attached hydrogens (tertiary/aromatic N) is 2. The summed E-state index contributed by atoms with van der Waals surface area (Å²) in [5.41, 5.74) is 7.03. The van der Waals surface area contributed by atoms with Crippen molar-refractivity contribution in [3.8, 4) is 0 Å². The zero-order valence-corrected chi connectivity index (χ0v) is 12.4. The predicted molar refractivity (Wildman–Crippen MR) is 80.1 cm³/mol. The van der Waals surface area contributed by atoms with Crippen LogP contribution in [0.15, 0.2) is 24.3 Å². The Labute approximate surface area is 116 Å². The smallest absolute Gasteiger partial charge is 0.253 e. The second-order valence-electron chi connectivity index (χ2n) is 5.57. The maximum atomic E-state index is 12.5. The van der Waals surface area contributed by atoms with Crippen LogP contribution in [0.4, 0.5) is 5.69 Å². The molecular weight excluding hydrogens is 238 g/mol. The van der Waals surface area contributed by atoms with Gasteiger partial charge in [0.05, 0.1) is 0 Å². The maximum absolute atomic E-state index is 12.5. The molecule has 0 bridgehead atoms. The van der Waals surface area contributed by atoms with Crippen LogP contribution in [0, 0.1) is 5.92 Å². The summed E-state index contributed by atoms with van der Waals surface area (Å²) < 4.78 is 0. The predicted octanol–water partition coefficient (Wildman–Crippen LogP) is 1.93. The minimum absolute atomic E-state index is 0.0582. The first-order chi connectivity index (χ1) is 8.90. The van der Waals surface area contributed by atoms with Crippen molar-refractivity contribution >= 4 is 11.6 Å². The number of amides is 1. The van der Waals surface area contributed by atoms with E-state index in [1.54, 1.807) is 12.1 Å². The van der Waals surface area contributed by atoms with E-state index in [-0.39, 0.29) is 5.91 Å². The molecule has 4 heteroatoms. The molecule has 0 atom stereocenters. The van der Waals surface area contributed by atoms with Gasteiger partial charge in [0.25, 0.3) is 5.91 Å². The van der Waals surface area contributed by atoms with Crippen molar-refractivity contribution in [2.45, 2.75) is 13.8 Å². The number of nitrogen functional groups attached to an aromatic ring is 1. The lowest BCUT2D eigenvalue weighted by atomic mass is 10.1. The first-order valence-corrected chi connectivity index (χ1v) is 6.69. The molecule has 2 N–H and O–H groups in total. The van der Waals surface area contributed by atoms with Crippen LogP contribution in [0.2, 0.25) is 0 Å². The number of hydrogen-bond acceptors (Lipinski definition) is 3. The zero-order valence-electron chi connectivity index (χ0n) is 12.4. The topological polar surface area (TPSA) is 49.6 Å². The number of rotatable bonds is 6. The number of nitrogens with two attached hydrogens (primary N) is 1. The molecule has 0 radical (unpaired) electrons. The van der Waals surface area contributed by atoms with Crippen LogP contribution in [-0.4, -0.2) is 49.4 Å². The molecule has 0 aliphatic carbocycles. The molecule has 19 heavy (non-hydrogen) atoms. The number of benzene rings is 1. The summed E-state index contributed by atoms with van der Waals surface area (Å²) in [6.45, 7) is 6.60. The Balaban J connectivity index is 2.81. The third-order valence-electron chi connectivity index (χ3n) is 2.82. The lowest BCUT2D eigenvalue weighted by molar-refractivity contribution is 0.0724. The summed E-state index contributed by atoms with van der Waals surface area (Å²) in [4.78, 5) is 16.5. The van der Waals surface area contributed by atoms with E-state index < -0.39 is 0 Å². The van der Waals surface area contributed by atoms with Gasteiger partial charge in [0.1, 0.15) is 0 Å². The highest BCUT2D eigenvalue weighted by Crippen LogP contribution is 2.11. The Morgan fingerprint density at radius 3 is 2.47 bits per heavy atom. The average molecular weight is 263 g/mol. The molecule has 0 aliphatic rings. The van der Waals surface area contributed by atoms with Gasteiger partial charge in [-0.1, -0.05) is 19.9 Å². The van der Waals surface area contributed by atoms with E-state index in [0.717, 1.165) is 19.6 Å². The second kappa shape index (κ2) is 7.14. The fourth-order valence-corrected chi connectivity index (χ4v) is 1.89. The number of carbonyl (C=O) groups excluding carboxylic acids is 1. The normalized spacial score (nSPS) is 11.1. The standard InChI is InChI=1S/C15H25N3O/c1-12(2)11-18(9-8-17(3)4)15(19)13-6-5-7-14(16)10-13/h5-7,10,12H,8-9,11,16H2,1-4H3. The summed E-state index contributed by atoms with van der Waals surface area (Å²) in [5.74, 6) is 0.509. The van der Waals surface area contributed by atoms with Gasteiger partial charge >= 0.3 is 0 Å². The average Bonchev–Trinajstić information content (AvgIpc) is 2.33. The highest BCUT2D eigenvalue weighted by atomic mass is 16.2. The number of anilines is 1. The number of carbonyl (C=O) groups is 1. The van der Waals surface area contributed by atoms with Crippen molar-refractivity contribution in [2.24, 2.45) is 5.92 Å². The van der Waals surface area contributed by atoms with E-state index in [9.17, 15) is 4.79 Å². The van der Waals surface area contributed by atoms with Crippen LogP contribution in [0.1, 0.15) is 24.2 Å². The van der Waals surface area contributed by atoms with Crippen molar-refractivity contribution in [3.05, 3.63) is 29.8 Å². The highest BCUT2D eigenvalue weighted by Gasteiger charge is 2.17. The van der Waals surface area contributed by atoms with Crippen molar-refractivity contribution < 1.29 is 4.79 Å². The van der Waals surface area contributed by atoms with Gasteiger partial charge in [0.2, 0.25) is 0 Å². The fourth-order valence-electron chi connectivity index (χ4n) is 1.89. The SMILES string of the molecule is CC(C)CN(CCN(C)C)C(=O)c1cccc(N)c1. The molecule has 0 spiro atoms. The quantitative estimate of drug-likeness (QED) is 0.798. The van der Waals surface area contributed by atoms with Gasteiger partial charge in [-0.3, -0.25) is 4.79 Å². The van der Waals surface area contributed by atoms with Crippen LogP contribution >= 0.6 is 0 Å². The lowest BCUT2D eigenvalue weighted by Gasteiger charge is -2.26. The van der Waals surface area contributed by atoms with Gasteiger partial charge in [-0.05, 0) is 38.2 Å². The van der Waals surface area contributed by atoms with Gasteiger partial charge in [0.15, 0.2) is 0 Å². The molecule has 0 aliphatic heterocycles. The van der Waals surface area contributed by atoms with Gasteiger partial charge in [0, 0.05) is 30.9 Å². The molecule has 106 valence electrons. The molecule has 0 fully saturated rings. The Hall–Kier alpha value is -1.55. The number of hydrogen-bond donors (Lipinski definition) is 1. The minimum atomic E-state index is 0.0582. The molecule has 0 saturated carbocycles. The molecular formula is C15H25N3O. The van der Waals surface area contributed by atoms with E-state index >= 15 is 0 Å². The molecule has 0 unspecified atom stereocenters. The molecule has 1 rings (SSSR count). The third kappa shape index (κ3) is 5.30. The van der Waals surface area contributed by atoms with Crippen molar-refractivity contribution in [1.82, 2.24) is 9.80 Å². The van der Waals surface area contributed by atoms with Crippen molar-refractivity contribution in [3.63, 3.8) is 0 Å². The molecule has 0 aromatic heterocycles. The molecule has 1 amide bonds. The monoisotopic (exact) mass is 263 g/mol.